The molecule has 112 valence electrons. The molecule has 2 atom stereocenters. The van der Waals surface area contributed by atoms with Crippen molar-refractivity contribution >= 4 is 16.3 Å². The van der Waals surface area contributed by atoms with E-state index in [0.717, 1.165) is 0 Å². The molecule has 1 saturated heterocycles. The Kier molecular flexibility index (Phi) is 4.78. The number of rotatable bonds is 3. The molecule has 1 aliphatic rings. The second-order valence-corrected chi connectivity index (χ2v) is 7.00. The van der Waals surface area contributed by atoms with Crippen molar-refractivity contribution in [3.05, 3.63) is 0 Å². The maximum Gasteiger partial charge on any atom is 0.410 e. The highest BCUT2D eigenvalue weighted by Gasteiger charge is 2.39. The molecule has 1 heterocycles. The molecule has 0 aliphatic carbocycles. The third-order valence-corrected chi connectivity index (χ3v) is 3.51. The average Bonchev–Trinajstić information content (AvgIpc) is 2.55. The first kappa shape index (κ1) is 16.2. The Morgan fingerprint density at radius 1 is 1.42 bits per heavy atom. The lowest BCUT2D eigenvalue weighted by Crippen LogP contribution is -2.42. The van der Waals surface area contributed by atoms with Crippen molar-refractivity contribution in [2.45, 2.75) is 44.9 Å². The average molecular weight is 297 g/mol. The quantitative estimate of drug-likeness (QED) is 0.734. The monoisotopic (exact) mass is 297 g/mol. The third-order valence-electron chi connectivity index (χ3n) is 2.73. The summed E-state index contributed by atoms with van der Waals surface area (Å²) in [4.78, 5) is 13.2. The van der Waals surface area contributed by atoms with Crippen LogP contribution in [-0.4, -0.2) is 56.6 Å². The van der Waals surface area contributed by atoms with E-state index >= 15 is 0 Å². The van der Waals surface area contributed by atoms with E-state index in [4.69, 9.17) is 9.47 Å². The second kappa shape index (κ2) is 5.62. The van der Waals surface area contributed by atoms with Gasteiger partial charge in [0, 0.05) is 7.11 Å². The molecular weight excluding hydrogens is 277 g/mol. The van der Waals surface area contributed by atoms with E-state index in [-0.39, 0.29) is 19.1 Å². The standard InChI is InChI=1S/C11H20FNO5S/c1-11(2,3)18-10(14)13-6-9(17-4)5-8(13)7-19(12,15)16/h8-9H,5-7H2,1-4H3. The molecule has 1 rings (SSSR count). The van der Waals surface area contributed by atoms with Crippen molar-refractivity contribution in [1.82, 2.24) is 4.90 Å². The Labute approximate surface area is 113 Å². The summed E-state index contributed by atoms with van der Waals surface area (Å²) in [5.41, 5.74) is -0.693. The highest BCUT2D eigenvalue weighted by molar-refractivity contribution is 7.86. The number of ether oxygens (including phenoxy) is 2. The van der Waals surface area contributed by atoms with Crippen molar-refractivity contribution < 1.29 is 26.6 Å². The number of likely N-dealkylation sites (tertiary alicyclic amines) is 1. The second-order valence-electron chi connectivity index (χ2n) is 5.59. The van der Waals surface area contributed by atoms with Crippen LogP contribution in [0.3, 0.4) is 0 Å². The summed E-state index contributed by atoms with van der Waals surface area (Å²) < 4.78 is 44.6. The van der Waals surface area contributed by atoms with Crippen molar-refractivity contribution in [1.29, 1.82) is 0 Å². The number of methoxy groups -OCH3 is 1. The minimum Gasteiger partial charge on any atom is -0.444 e. The van der Waals surface area contributed by atoms with Gasteiger partial charge in [0.2, 0.25) is 0 Å². The van der Waals surface area contributed by atoms with E-state index in [1.807, 2.05) is 0 Å². The number of halogens is 1. The molecule has 6 nitrogen and oxygen atoms in total. The maximum absolute atomic E-state index is 12.8. The van der Waals surface area contributed by atoms with Gasteiger partial charge < -0.3 is 14.4 Å². The maximum atomic E-state index is 12.8. The molecule has 2 unspecified atom stereocenters. The van der Waals surface area contributed by atoms with E-state index in [2.05, 4.69) is 0 Å². The molecule has 0 bridgehead atoms. The fourth-order valence-electron chi connectivity index (χ4n) is 1.98. The van der Waals surface area contributed by atoms with Crippen LogP contribution < -0.4 is 0 Å². The summed E-state index contributed by atoms with van der Waals surface area (Å²) in [5.74, 6) is -0.730. The molecule has 0 N–H and O–H groups in total. The molecule has 0 aromatic rings. The fraction of sp³-hybridized carbons (Fsp3) is 0.909. The van der Waals surface area contributed by atoms with Crippen molar-refractivity contribution in [2.75, 3.05) is 19.4 Å². The normalized spacial score (nSPS) is 24.6. The number of hydrogen-bond donors (Lipinski definition) is 0. The third kappa shape index (κ3) is 5.32. The van der Waals surface area contributed by atoms with Gasteiger partial charge in [-0.05, 0) is 27.2 Å². The number of carbonyl (C=O) groups excluding carboxylic acids is 1. The van der Waals surface area contributed by atoms with Crippen LogP contribution in [0, 0.1) is 0 Å². The topological polar surface area (TPSA) is 72.9 Å². The van der Waals surface area contributed by atoms with Crippen LogP contribution in [0.25, 0.3) is 0 Å². The van der Waals surface area contributed by atoms with Crippen LogP contribution in [0.2, 0.25) is 0 Å². The van der Waals surface area contributed by atoms with Crippen molar-refractivity contribution in [3.8, 4) is 0 Å². The van der Waals surface area contributed by atoms with Crippen LogP contribution in [0.15, 0.2) is 0 Å². The Bertz CT molecular complexity index is 431. The number of hydrogen-bond acceptors (Lipinski definition) is 5. The molecule has 0 saturated carbocycles. The molecule has 0 aromatic carbocycles. The molecule has 8 heteroatoms. The van der Waals surface area contributed by atoms with Gasteiger partial charge in [0.15, 0.2) is 0 Å². The molecule has 0 radical (unpaired) electrons. The summed E-state index contributed by atoms with van der Waals surface area (Å²) in [5, 5.41) is 0. The minimum absolute atomic E-state index is 0.200. The summed E-state index contributed by atoms with van der Waals surface area (Å²) in [7, 11) is -3.19. The largest absolute Gasteiger partial charge is 0.444 e. The summed E-state index contributed by atoms with van der Waals surface area (Å²) in [6, 6.07) is -0.755. The smallest absolute Gasteiger partial charge is 0.410 e. The first-order chi connectivity index (χ1) is 8.52. The summed E-state index contributed by atoms with van der Waals surface area (Å²) in [6.45, 7) is 5.31. The lowest BCUT2D eigenvalue weighted by atomic mass is 10.2. The lowest BCUT2D eigenvalue weighted by molar-refractivity contribution is 0.0209. The first-order valence-electron chi connectivity index (χ1n) is 5.96. The van der Waals surface area contributed by atoms with Gasteiger partial charge in [-0.25, -0.2) is 4.79 Å². The number of carbonyl (C=O) groups is 1. The fourth-order valence-corrected chi connectivity index (χ4v) is 2.75. The zero-order chi connectivity index (χ0) is 14.8. The molecule has 0 aromatic heterocycles. The van der Waals surface area contributed by atoms with Gasteiger partial charge in [-0.3, -0.25) is 0 Å². The highest BCUT2D eigenvalue weighted by Crippen LogP contribution is 2.24. The Balaban J connectivity index is 2.80. The van der Waals surface area contributed by atoms with Gasteiger partial charge in [-0.1, -0.05) is 0 Å². The summed E-state index contributed by atoms with van der Waals surface area (Å²) >= 11 is 0. The van der Waals surface area contributed by atoms with E-state index in [9.17, 15) is 17.1 Å². The van der Waals surface area contributed by atoms with Crippen LogP contribution in [0.5, 0.6) is 0 Å². The molecule has 1 aliphatic heterocycles. The van der Waals surface area contributed by atoms with Gasteiger partial charge in [0.1, 0.15) is 11.4 Å². The molecule has 1 fully saturated rings. The van der Waals surface area contributed by atoms with Gasteiger partial charge in [-0.15, -0.1) is 3.89 Å². The molecule has 1 amide bonds. The van der Waals surface area contributed by atoms with Crippen molar-refractivity contribution in [2.24, 2.45) is 0 Å². The van der Waals surface area contributed by atoms with Crippen LogP contribution in [0.4, 0.5) is 8.68 Å². The summed E-state index contributed by atoms with van der Waals surface area (Å²) in [6.07, 6.45) is -0.682. The molecule has 0 spiro atoms. The van der Waals surface area contributed by atoms with Crippen LogP contribution in [0.1, 0.15) is 27.2 Å². The Morgan fingerprint density at radius 3 is 2.42 bits per heavy atom. The van der Waals surface area contributed by atoms with Gasteiger partial charge in [-0.2, -0.15) is 8.42 Å². The minimum atomic E-state index is -4.65. The Hall–Kier alpha value is -0.890. The van der Waals surface area contributed by atoms with Gasteiger partial charge in [0.05, 0.1) is 18.7 Å². The van der Waals surface area contributed by atoms with E-state index in [1.54, 1.807) is 20.8 Å². The first-order valence-corrected chi connectivity index (χ1v) is 7.52. The molecule has 19 heavy (non-hydrogen) atoms. The van der Waals surface area contributed by atoms with Gasteiger partial charge >= 0.3 is 16.3 Å². The SMILES string of the molecule is COC1CC(CS(=O)(=O)F)N(C(=O)OC(C)(C)C)C1. The number of amides is 1. The predicted molar refractivity (Wildman–Crippen MR) is 67.0 cm³/mol. The number of nitrogens with zero attached hydrogens (tertiary/aromatic N) is 1. The zero-order valence-corrected chi connectivity index (χ0v) is 12.4. The van der Waals surface area contributed by atoms with Crippen LogP contribution in [-0.2, 0) is 19.7 Å². The van der Waals surface area contributed by atoms with E-state index in [1.165, 1.54) is 12.0 Å². The van der Waals surface area contributed by atoms with Crippen LogP contribution >= 0.6 is 0 Å². The van der Waals surface area contributed by atoms with Gasteiger partial charge in [0.25, 0.3) is 0 Å². The highest BCUT2D eigenvalue weighted by atomic mass is 32.3. The van der Waals surface area contributed by atoms with E-state index < -0.39 is 33.7 Å². The van der Waals surface area contributed by atoms with E-state index in [0.29, 0.717) is 0 Å². The zero-order valence-electron chi connectivity index (χ0n) is 11.6. The lowest BCUT2D eigenvalue weighted by Gasteiger charge is -2.27. The predicted octanol–water partition coefficient (Wildman–Crippen LogP) is 1.31. The molecular formula is C11H20FNO5S. The van der Waals surface area contributed by atoms with Crippen molar-refractivity contribution in [3.63, 3.8) is 0 Å². The Morgan fingerprint density at radius 2 is 2.00 bits per heavy atom.